The van der Waals surface area contributed by atoms with Crippen LogP contribution in [0.3, 0.4) is 0 Å². The Morgan fingerprint density at radius 3 is 1.34 bits per heavy atom. The number of nitrogens with one attached hydrogen (secondary N) is 2. The number of anilines is 2. The van der Waals surface area contributed by atoms with Crippen LogP contribution in [0.5, 0.6) is 0 Å². The largest absolute Gasteiger partial charge is 2.00 e. The Morgan fingerprint density at radius 2 is 1.02 bits per heavy atom. The van der Waals surface area contributed by atoms with Gasteiger partial charge < -0.3 is 35.4 Å². The molecule has 0 amide bonds. The molecule has 1 aromatic heterocycles. The van der Waals surface area contributed by atoms with Crippen LogP contribution in [-0.4, -0.2) is 36.1 Å². The molecule has 0 aliphatic rings. The SMILES string of the molecule is CCc1cc(CC)c(NCCN(CCNc2c(CC)cc(CC)cc2CC)Cc2ccccn2)c(CC)c1.[Cl-].[Cl-].[Cu+2]. The zero-order valence-electron chi connectivity index (χ0n) is 25.8. The van der Waals surface area contributed by atoms with Crippen LogP contribution >= 0.6 is 0 Å². The second kappa shape index (κ2) is 21.0. The molecule has 0 saturated carbocycles. The van der Waals surface area contributed by atoms with Crippen LogP contribution in [0.4, 0.5) is 11.4 Å². The minimum Gasteiger partial charge on any atom is -1.00 e. The van der Waals surface area contributed by atoms with Crippen LogP contribution in [0.15, 0.2) is 48.7 Å². The van der Waals surface area contributed by atoms with Gasteiger partial charge in [0, 0.05) is 50.3 Å². The molecule has 0 saturated heterocycles. The first-order valence-electron chi connectivity index (χ1n) is 15.0. The first-order chi connectivity index (χ1) is 18.6. The van der Waals surface area contributed by atoms with Crippen molar-refractivity contribution in [2.45, 2.75) is 86.6 Å². The Labute approximate surface area is 273 Å². The number of nitrogens with zero attached hydrogens (tertiary/aromatic N) is 2. The van der Waals surface area contributed by atoms with Crippen LogP contribution in [0.25, 0.3) is 0 Å². The molecule has 3 aromatic rings. The van der Waals surface area contributed by atoms with Gasteiger partial charge in [0.1, 0.15) is 0 Å². The van der Waals surface area contributed by atoms with E-state index in [-0.39, 0.29) is 41.9 Å². The predicted molar refractivity (Wildman–Crippen MR) is 166 cm³/mol. The quantitative estimate of drug-likeness (QED) is 0.231. The van der Waals surface area contributed by atoms with Gasteiger partial charge in [-0.25, -0.2) is 0 Å². The van der Waals surface area contributed by atoms with E-state index in [4.69, 9.17) is 0 Å². The van der Waals surface area contributed by atoms with Gasteiger partial charge in [0.15, 0.2) is 0 Å². The molecule has 0 aliphatic carbocycles. The summed E-state index contributed by atoms with van der Waals surface area (Å²) in [4.78, 5) is 7.14. The summed E-state index contributed by atoms with van der Waals surface area (Å²) in [5.41, 5.74) is 12.5. The molecule has 41 heavy (non-hydrogen) atoms. The van der Waals surface area contributed by atoms with Crippen LogP contribution in [0.1, 0.15) is 80.6 Å². The van der Waals surface area contributed by atoms with Crippen molar-refractivity contribution in [3.05, 3.63) is 87.7 Å². The molecule has 7 heteroatoms. The standard InChI is InChI=1S/C34H50N4.2ClH.Cu/c1-7-26-21-28(9-3)33(29(10-4)22-26)36-17-19-38(25-32-15-13-14-16-35-32)20-18-37-34-30(11-5)23-27(8-2)24-31(34)12-6;;;/h13-16,21-24,36-37H,7-12,17-20,25H2,1-6H3;2*1H;/q;;;+2/p-2. The molecule has 0 aliphatic heterocycles. The van der Waals surface area contributed by atoms with Crippen molar-refractivity contribution in [2.75, 3.05) is 36.8 Å². The average Bonchev–Trinajstić information content (AvgIpc) is 2.97. The third-order valence-corrected chi connectivity index (χ3v) is 7.63. The van der Waals surface area contributed by atoms with Crippen molar-refractivity contribution < 1.29 is 41.9 Å². The molecular formula is C34H50Cl2CuN4. The third kappa shape index (κ3) is 11.5. The third-order valence-electron chi connectivity index (χ3n) is 7.63. The molecule has 3 rings (SSSR count). The summed E-state index contributed by atoms with van der Waals surface area (Å²) < 4.78 is 0. The summed E-state index contributed by atoms with van der Waals surface area (Å²) in [5.74, 6) is 0. The van der Waals surface area contributed by atoms with E-state index >= 15 is 0 Å². The fourth-order valence-corrected chi connectivity index (χ4v) is 5.33. The van der Waals surface area contributed by atoms with Crippen molar-refractivity contribution in [2.24, 2.45) is 0 Å². The summed E-state index contributed by atoms with van der Waals surface area (Å²) >= 11 is 0. The Bertz CT molecular complexity index is 1020. The van der Waals surface area contributed by atoms with Crippen molar-refractivity contribution in [3.63, 3.8) is 0 Å². The molecule has 1 heterocycles. The first-order valence-corrected chi connectivity index (χ1v) is 15.0. The zero-order valence-corrected chi connectivity index (χ0v) is 28.3. The van der Waals surface area contributed by atoms with E-state index < -0.39 is 0 Å². The van der Waals surface area contributed by atoms with E-state index in [1.165, 1.54) is 44.8 Å². The second-order valence-corrected chi connectivity index (χ2v) is 10.2. The number of pyridine rings is 1. The first kappa shape index (κ1) is 39.2. The van der Waals surface area contributed by atoms with Gasteiger partial charge in [-0.15, -0.1) is 0 Å². The number of aryl methyl sites for hydroxylation is 6. The predicted octanol–water partition coefficient (Wildman–Crippen LogP) is 1.49. The average molecular weight is 649 g/mol. The van der Waals surface area contributed by atoms with Gasteiger partial charge in [-0.1, -0.05) is 71.9 Å². The smallest absolute Gasteiger partial charge is 1.00 e. The summed E-state index contributed by atoms with van der Waals surface area (Å²) in [6.45, 7) is 18.2. The summed E-state index contributed by atoms with van der Waals surface area (Å²) in [7, 11) is 0. The maximum atomic E-state index is 4.62. The van der Waals surface area contributed by atoms with Crippen molar-refractivity contribution in [1.29, 1.82) is 0 Å². The van der Waals surface area contributed by atoms with E-state index in [9.17, 15) is 0 Å². The van der Waals surface area contributed by atoms with E-state index in [1.54, 1.807) is 0 Å². The topological polar surface area (TPSA) is 40.2 Å². The van der Waals surface area contributed by atoms with Gasteiger partial charge in [0.25, 0.3) is 0 Å². The molecule has 0 atom stereocenters. The van der Waals surface area contributed by atoms with Gasteiger partial charge in [0.05, 0.1) is 5.69 Å². The molecule has 231 valence electrons. The molecule has 4 nitrogen and oxygen atoms in total. The minimum atomic E-state index is 0. The van der Waals surface area contributed by atoms with Crippen LogP contribution in [0.2, 0.25) is 0 Å². The second-order valence-electron chi connectivity index (χ2n) is 10.2. The van der Waals surface area contributed by atoms with Crippen LogP contribution in [0, 0.1) is 0 Å². The molecule has 1 radical (unpaired) electrons. The van der Waals surface area contributed by atoms with Gasteiger partial charge in [0.2, 0.25) is 0 Å². The van der Waals surface area contributed by atoms with Gasteiger partial charge in [-0.2, -0.15) is 0 Å². The van der Waals surface area contributed by atoms with Crippen LogP contribution in [-0.2, 0) is 62.1 Å². The Hall–Kier alpha value is -1.75. The van der Waals surface area contributed by atoms with Crippen molar-refractivity contribution in [3.8, 4) is 0 Å². The van der Waals surface area contributed by atoms with E-state index in [1.807, 2.05) is 12.3 Å². The van der Waals surface area contributed by atoms with Gasteiger partial charge in [-0.05, 0) is 84.0 Å². The maximum absolute atomic E-state index is 4.62. The van der Waals surface area contributed by atoms with E-state index in [0.717, 1.165) is 76.9 Å². The van der Waals surface area contributed by atoms with Crippen molar-refractivity contribution >= 4 is 11.4 Å². The zero-order chi connectivity index (χ0) is 27.3. The van der Waals surface area contributed by atoms with Crippen LogP contribution < -0.4 is 35.4 Å². The number of rotatable bonds is 16. The number of benzene rings is 2. The van der Waals surface area contributed by atoms with E-state index in [2.05, 4.69) is 98.5 Å². The summed E-state index contributed by atoms with van der Waals surface area (Å²) in [6.07, 6.45) is 8.30. The minimum absolute atomic E-state index is 0. The molecule has 2 aromatic carbocycles. The molecule has 2 N–H and O–H groups in total. The Morgan fingerprint density at radius 1 is 0.610 bits per heavy atom. The fourth-order valence-electron chi connectivity index (χ4n) is 5.33. The van der Waals surface area contributed by atoms with Crippen molar-refractivity contribution in [1.82, 2.24) is 9.88 Å². The molecule has 0 unspecified atom stereocenters. The summed E-state index contributed by atoms with van der Waals surface area (Å²) in [5, 5.41) is 7.65. The molecule has 0 fully saturated rings. The Kier molecular flexibility index (Phi) is 20.1. The number of hydrogen-bond donors (Lipinski definition) is 2. The molecular weight excluding hydrogens is 599 g/mol. The Balaban J connectivity index is 0.00000533. The van der Waals surface area contributed by atoms with Gasteiger partial charge >= 0.3 is 17.1 Å². The fraction of sp³-hybridized carbons (Fsp3) is 0.500. The van der Waals surface area contributed by atoms with E-state index in [0.29, 0.717) is 0 Å². The number of hydrogen-bond acceptors (Lipinski definition) is 4. The van der Waals surface area contributed by atoms with Gasteiger partial charge in [-0.3, -0.25) is 9.88 Å². The normalized spacial score (nSPS) is 10.4. The number of halogens is 2. The maximum Gasteiger partial charge on any atom is 2.00 e. The monoisotopic (exact) mass is 647 g/mol. The summed E-state index contributed by atoms with van der Waals surface area (Å²) in [6, 6.07) is 15.8. The number of aromatic nitrogens is 1. The molecule has 0 spiro atoms. The molecule has 0 bridgehead atoms.